The van der Waals surface area contributed by atoms with Gasteiger partial charge in [-0.25, -0.2) is 4.31 Å². The van der Waals surface area contributed by atoms with Crippen LogP contribution >= 0.6 is 11.3 Å². The maximum Gasteiger partial charge on any atom is 0.345 e. The van der Waals surface area contributed by atoms with Crippen LogP contribution in [0.25, 0.3) is 0 Å². The van der Waals surface area contributed by atoms with E-state index in [0.717, 1.165) is 4.31 Å². The molecule has 0 aliphatic carbocycles. The fourth-order valence-corrected chi connectivity index (χ4v) is 3.73. The van der Waals surface area contributed by atoms with Crippen molar-refractivity contribution in [3.63, 3.8) is 0 Å². The molecule has 0 atom stereocenters. The van der Waals surface area contributed by atoms with Gasteiger partial charge in [-0.15, -0.1) is 15.7 Å². The molecule has 0 radical (unpaired) electrons. The molecule has 2 heterocycles. The molecule has 0 aromatic carbocycles. The van der Waals surface area contributed by atoms with E-state index >= 15 is 0 Å². The van der Waals surface area contributed by atoms with Gasteiger partial charge in [-0.05, 0) is 17.5 Å². The van der Waals surface area contributed by atoms with Crippen LogP contribution in [0.1, 0.15) is 4.88 Å². The number of thiophene rings is 1. The van der Waals surface area contributed by atoms with Crippen LogP contribution in [-0.4, -0.2) is 56.2 Å². The zero-order valence-corrected chi connectivity index (χ0v) is 12.9. The smallest absolute Gasteiger partial charge is 0.345 e. The quantitative estimate of drug-likeness (QED) is 0.803. The highest BCUT2D eigenvalue weighted by molar-refractivity contribution is 7.88. The van der Waals surface area contributed by atoms with Gasteiger partial charge in [0.2, 0.25) is 5.78 Å². The zero-order chi connectivity index (χ0) is 15.5. The summed E-state index contributed by atoms with van der Waals surface area (Å²) in [5.74, 6) is -0.682. The van der Waals surface area contributed by atoms with E-state index in [9.17, 15) is 13.2 Å². The Morgan fingerprint density at radius 3 is 2.86 bits per heavy atom. The highest BCUT2D eigenvalue weighted by Gasteiger charge is 2.32. The average molecular weight is 330 g/mol. The first-order valence-electron chi connectivity index (χ1n) is 6.01. The summed E-state index contributed by atoms with van der Waals surface area (Å²) >= 11 is 1.31. The molecule has 1 aliphatic heterocycles. The van der Waals surface area contributed by atoms with Crippen molar-refractivity contribution in [1.29, 1.82) is 0 Å². The van der Waals surface area contributed by atoms with Crippen LogP contribution in [0.3, 0.4) is 0 Å². The van der Waals surface area contributed by atoms with Crippen LogP contribution < -0.4 is 0 Å². The maximum atomic E-state index is 12.2. The van der Waals surface area contributed by atoms with Gasteiger partial charge in [0.25, 0.3) is 0 Å². The molecule has 114 valence electrons. The van der Waals surface area contributed by atoms with E-state index in [1.54, 1.807) is 17.5 Å². The van der Waals surface area contributed by atoms with Crippen LogP contribution in [0.15, 0.2) is 33.7 Å². The van der Waals surface area contributed by atoms with E-state index in [-0.39, 0.29) is 24.6 Å². The Kier molecular flexibility index (Phi) is 4.88. The molecule has 0 fully saturated rings. The van der Waals surface area contributed by atoms with E-state index in [2.05, 4.69) is 4.40 Å². The summed E-state index contributed by atoms with van der Waals surface area (Å²) in [5, 5.41) is 10.8. The van der Waals surface area contributed by atoms with Gasteiger partial charge in [0, 0.05) is 7.11 Å². The van der Waals surface area contributed by atoms with Crippen molar-refractivity contribution >= 4 is 33.0 Å². The number of hydrogen-bond donors (Lipinski definition) is 1. The third-order valence-corrected chi connectivity index (χ3v) is 4.99. The number of aliphatic hydroxyl groups is 1. The zero-order valence-electron chi connectivity index (χ0n) is 11.2. The summed E-state index contributed by atoms with van der Waals surface area (Å²) in [7, 11) is -2.60. The summed E-state index contributed by atoms with van der Waals surface area (Å²) in [6.45, 7) is -0.709. The molecule has 1 N–H and O–H groups in total. The Labute approximate surface area is 126 Å². The summed E-state index contributed by atoms with van der Waals surface area (Å²) in [6, 6.07) is 3.47. The second-order valence-electron chi connectivity index (χ2n) is 4.11. The predicted molar refractivity (Wildman–Crippen MR) is 78.5 cm³/mol. The van der Waals surface area contributed by atoms with E-state index in [1.807, 2.05) is 0 Å². The number of allylic oxidation sites excluding steroid dienone is 1. The van der Waals surface area contributed by atoms with Crippen molar-refractivity contribution < 1.29 is 23.1 Å². The molecule has 1 aromatic rings. The first-order chi connectivity index (χ1) is 9.99. The lowest BCUT2D eigenvalue weighted by atomic mass is 10.2. The van der Waals surface area contributed by atoms with Crippen molar-refractivity contribution in [1.82, 2.24) is 4.31 Å². The van der Waals surface area contributed by atoms with Crippen LogP contribution in [-0.2, 0) is 19.7 Å². The Balaban J connectivity index is 2.47. The Morgan fingerprint density at radius 2 is 2.29 bits per heavy atom. The SMILES string of the molecule is COCCN1C(C(=O)CO)=CC(c2cccs2)=NS1(=O)=O. The number of Topliss-reactive ketones (excluding diaryl/α,β-unsaturated/α-hetero) is 1. The van der Waals surface area contributed by atoms with Crippen molar-refractivity contribution in [3.05, 3.63) is 34.2 Å². The van der Waals surface area contributed by atoms with Crippen LogP contribution in [0.5, 0.6) is 0 Å². The van der Waals surface area contributed by atoms with Gasteiger partial charge in [-0.3, -0.25) is 4.79 Å². The van der Waals surface area contributed by atoms with E-state index in [1.165, 1.54) is 24.5 Å². The van der Waals surface area contributed by atoms with Gasteiger partial charge >= 0.3 is 10.2 Å². The minimum Gasteiger partial charge on any atom is -0.388 e. The van der Waals surface area contributed by atoms with E-state index in [0.29, 0.717) is 4.88 Å². The monoisotopic (exact) mass is 330 g/mol. The molecule has 2 rings (SSSR count). The largest absolute Gasteiger partial charge is 0.388 e. The summed E-state index contributed by atoms with van der Waals surface area (Å²) in [4.78, 5) is 12.5. The molecule has 0 saturated carbocycles. The van der Waals surface area contributed by atoms with Crippen molar-refractivity contribution in [2.24, 2.45) is 4.40 Å². The third kappa shape index (κ3) is 3.38. The number of rotatable bonds is 6. The second-order valence-corrected chi connectivity index (χ2v) is 6.57. The summed E-state index contributed by atoms with van der Waals surface area (Å²) in [6.07, 6.45) is 1.38. The van der Waals surface area contributed by atoms with Gasteiger partial charge in [-0.2, -0.15) is 8.42 Å². The van der Waals surface area contributed by atoms with E-state index in [4.69, 9.17) is 9.84 Å². The second kappa shape index (κ2) is 6.48. The highest BCUT2D eigenvalue weighted by atomic mass is 32.2. The Morgan fingerprint density at radius 1 is 1.52 bits per heavy atom. The van der Waals surface area contributed by atoms with Gasteiger partial charge < -0.3 is 9.84 Å². The lowest BCUT2D eigenvalue weighted by molar-refractivity contribution is -0.119. The molecular weight excluding hydrogens is 316 g/mol. The molecule has 21 heavy (non-hydrogen) atoms. The molecular formula is C12H14N2O5S2. The molecule has 1 aliphatic rings. The molecule has 9 heteroatoms. The maximum absolute atomic E-state index is 12.2. The molecule has 0 spiro atoms. The lowest BCUT2D eigenvalue weighted by Gasteiger charge is -2.26. The number of carbonyl (C=O) groups is 1. The van der Waals surface area contributed by atoms with Crippen LogP contribution in [0.4, 0.5) is 0 Å². The van der Waals surface area contributed by atoms with Gasteiger partial charge in [0.05, 0.1) is 23.7 Å². The fraction of sp³-hybridized carbons (Fsp3) is 0.333. The highest BCUT2D eigenvalue weighted by Crippen LogP contribution is 2.23. The van der Waals surface area contributed by atoms with Crippen LogP contribution in [0, 0.1) is 0 Å². The van der Waals surface area contributed by atoms with Gasteiger partial charge in [-0.1, -0.05) is 6.07 Å². The number of nitrogens with zero attached hydrogens (tertiary/aromatic N) is 2. The summed E-state index contributed by atoms with van der Waals surface area (Å²) in [5.41, 5.74) is 0.0865. The average Bonchev–Trinajstić information content (AvgIpc) is 2.98. The molecule has 7 nitrogen and oxygen atoms in total. The minimum absolute atomic E-state index is 0.0440. The fourth-order valence-electron chi connectivity index (χ4n) is 1.78. The number of methoxy groups -OCH3 is 1. The van der Waals surface area contributed by atoms with Crippen molar-refractivity contribution in [3.8, 4) is 0 Å². The Hall–Kier alpha value is -1.55. The van der Waals surface area contributed by atoms with Crippen LogP contribution in [0.2, 0.25) is 0 Å². The van der Waals surface area contributed by atoms with Crippen molar-refractivity contribution in [2.75, 3.05) is 26.9 Å². The van der Waals surface area contributed by atoms with Crippen molar-refractivity contribution in [2.45, 2.75) is 0 Å². The number of ether oxygens (including phenoxy) is 1. The number of carbonyl (C=O) groups excluding carboxylic acids is 1. The molecule has 1 aromatic heterocycles. The first kappa shape index (κ1) is 15.8. The first-order valence-corrected chi connectivity index (χ1v) is 8.28. The minimum atomic E-state index is -4.03. The van der Waals surface area contributed by atoms with E-state index < -0.39 is 22.6 Å². The predicted octanol–water partition coefficient (Wildman–Crippen LogP) is 0.189. The number of hydrogen-bond acceptors (Lipinski definition) is 6. The lowest BCUT2D eigenvalue weighted by Crippen LogP contribution is -2.39. The number of aliphatic hydroxyl groups excluding tert-OH is 1. The normalized spacial score (nSPS) is 17.3. The summed E-state index contributed by atoms with van der Waals surface area (Å²) < 4.78 is 33.9. The van der Waals surface area contributed by atoms with Gasteiger partial charge in [0.1, 0.15) is 12.3 Å². The molecule has 0 bridgehead atoms. The molecule has 0 saturated heterocycles. The number of ketones is 1. The van der Waals surface area contributed by atoms with Gasteiger partial charge in [0.15, 0.2) is 0 Å². The molecule has 0 unspecified atom stereocenters. The topological polar surface area (TPSA) is 96.3 Å². The standard InChI is InChI=1S/C12H14N2O5S2/c1-19-5-4-14-10(11(16)8-15)7-9(13-21(14,17)18)12-3-2-6-20-12/h2-3,6-7,15H,4-5,8H2,1H3. The third-order valence-electron chi connectivity index (χ3n) is 2.74. The molecule has 0 amide bonds. The Bertz CT molecular complexity index is 677.